The van der Waals surface area contributed by atoms with E-state index in [1.54, 1.807) is 0 Å². The van der Waals surface area contributed by atoms with Gasteiger partial charge in [0.1, 0.15) is 0 Å². The van der Waals surface area contributed by atoms with Gasteiger partial charge in [-0.15, -0.1) is 0 Å². The Morgan fingerprint density at radius 2 is 1.29 bits per heavy atom. The van der Waals surface area contributed by atoms with Gasteiger partial charge in [0.05, 0.1) is 26.7 Å². The highest BCUT2D eigenvalue weighted by molar-refractivity contribution is 4.37. The van der Waals surface area contributed by atoms with Crippen molar-refractivity contribution in [3.05, 3.63) is 0 Å². The fourth-order valence-electron chi connectivity index (χ4n) is 1.51. The van der Waals surface area contributed by atoms with Gasteiger partial charge in [-0.25, -0.2) is 0 Å². The molecule has 0 bridgehead atoms. The van der Waals surface area contributed by atoms with Crippen molar-refractivity contribution < 1.29 is 4.48 Å². The van der Waals surface area contributed by atoms with Crippen molar-refractivity contribution in [2.75, 3.05) is 26.7 Å². The Labute approximate surface area is 92.1 Å². The minimum absolute atomic E-state index is 1.25. The lowest BCUT2D eigenvalue weighted by Gasteiger charge is -2.33. The summed E-state index contributed by atoms with van der Waals surface area (Å²) in [6.07, 6.45) is 5.27. The molecule has 0 aliphatic rings. The number of unbranched alkanes of at least 4 members (excludes halogenated alkanes) is 1. The molecule has 0 spiro atoms. The predicted molar refractivity (Wildman–Crippen MR) is 67.6 cm³/mol. The van der Waals surface area contributed by atoms with Crippen LogP contribution < -0.4 is 0 Å². The second-order valence-electron chi connectivity index (χ2n) is 4.44. The SMILES string of the molecule is CCC.CCCC[N+](C)(CC)CCC. The summed E-state index contributed by atoms with van der Waals surface area (Å²) in [5.41, 5.74) is 0. The highest BCUT2D eigenvalue weighted by Crippen LogP contribution is 2.06. The van der Waals surface area contributed by atoms with Crippen molar-refractivity contribution in [3.8, 4) is 0 Å². The van der Waals surface area contributed by atoms with E-state index in [1.165, 1.54) is 49.8 Å². The Morgan fingerprint density at radius 1 is 0.786 bits per heavy atom. The summed E-state index contributed by atoms with van der Waals surface area (Å²) in [6, 6.07) is 0. The van der Waals surface area contributed by atoms with Crippen molar-refractivity contribution >= 4 is 0 Å². The Bertz CT molecular complexity index is 101. The molecule has 0 amide bonds. The molecule has 0 N–H and O–H groups in total. The second-order valence-corrected chi connectivity index (χ2v) is 4.44. The highest BCUT2D eigenvalue weighted by Gasteiger charge is 2.15. The first-order valence-corrected chi connectivity index (χ1v) is 6.43. The van der Waals surface area contributed by atoms with Crippen LogP contribution in [0.25, 0.3) is 0 Å². The monoisotopic (exact) mass is 202 g/mol. The fraction of sp³-hybridized carbons (Fsp3) is 1.00. The van der Waals surface area contributed by atoms with E-state index in [9.17, 15) is 0 Å². The van der Waals surface area contributed by atoms with E-state index in [4.69, 9.17) is 0 Å². The van der Waals surface area contributed by atoms with Gasteiger partial charge in [0.15, 0.2) is 0 Å². The lowest BCUT2D eigenvalue weighted by Crippen LogP contribution is -2.45. The van der Waals surface area contributed by atoms with Crippen molar-refractivity contribution in [1.82, 2.24) is 0 Å². The van der Waals surface area contributed by atoms with Crippen molar-refractivity contribution in [2.24, 2.45) is 0 Å². The molecule has 88 valence electrons. The van der Waals surface area contributed by atoms with Crippen LogP contribution in [0.15, 0.2) is 0 Å². The molecule has 14 heavy (non-hydrogen) atoms. The van der Waals surface area contributed by atoms with Gasteiger partial charge in [0.25, 0.3) is 0 Å². The average molecular weight is 202 g/mol. The number of rotatable bonds is 6. The van der Waals surface area contributed by atoms with Gasteiger partial charge >= 0.3 is 0 Å². The van der Waals surface area contributed by atoms with Crippen LogP contribution in [0.1, 0.15) is 60.3 Å². The Morgan fingerprint density at radius 3 is 1.57 bits per heavy atom. The van der Waals surface area contributed by atoms with Crippen LogP contribution in [0.5, 0.6) is 0 Å². The molecule has 0 saturated carbocycles. The maximum atomic E-state index is 2.37. The molecule has 0 aromatic heterocycles. The van der Waals surface area contributed by atoms with E-state index in [0.717, 1.165) is 0 Å². The topological polar surface area (TPSA) is 0 Å². The Hall–Kier alpha value is -0.0400. The first-order valence-electron chi connectivity index (χ1n) is 6.43. The fourth-order valence-corrected chi connectivity index (χ4v) is 1.51. The number of quaternary nitrogens is 1. The largest absolute Gasteiger partial charge is 0.326 e. The third kappa shape index (κ3) is 10.0. The third-order valence-electron chi connectivity index (χ3n) is 2.58. The van der Waals surface area contributed by atoms with E-state index < -0.39 is 0 Å². The van der Waals surface area contributed by atoms with Crippen LogP contribution in [0.4, 0.5) is 0 Å². The van der Waals surface area contributed by atoms with Gasteiger partial charge in [-0.1, -0.05) is 40.5 Å². The second kappa shape index (κ2) is 11.0. The van der Waals surface area contributed by atoms with Gasteiger partial charge in [0, 0.05) is 0 Å². The maximum Gasteiger partial charge on any atom is 0.0784 e. The summed E-state index contributed by atoms with van der Waals surface area (Å²) in [7, 11) is 2.37. The minimum atomic E-state index is 1.25. The van der Waals surface area contributed by atoms with Gasteiger partial charge < -0.3 is 4.48 Å². The molecule has 0 aliphatic heterocycles. The summed E-state index contributed by atoms with van der Waals surface area (Å²) in [5, 5.41) is 0. The van der Waals surface area contributed by atoms with Gasteiger partial charge in [-0.2, -0.15) is 0 Å². The van der Waals surface area contributed by atoms with E-state index in [1.807, 2.05) is 0 Å². The molecule has 0 saturated heterocycles. The first kappa shape index (κ1) is 16.4. The summed E-state index contributed by atoms with van der Waals surface area (Å²) in [6.45, 7) is 15.1. The molecule has 0 aromatic carbocycles. The molecule has 0 fully saturated rings. The molecule has 1 nitrogen and oxygen atoms in total. The summed E-state index contributed by atoms with van der Waals surface area (Å²) in [4.78, 5) is 0. The molecule has 0 aliphatic carbocycles. The molecular weight excluding hydrogens is 170 g/mol. The first-order chi connectivity index (χ1) is 6.60. The average Bonchev–Trinajstić information content (AvgIpc) is 2.17. The molecule has 1 atom stereocenters. The molecule has 1 heteroatoms. The number of nitrogens with zero attached hydrogens (tertiary/aromatic N) is 1. The number of hydrogen-bond acceptors (Lipinski definition) is 0. The summed E-state index contributed by atoms with van der Waals surface area (Å²) in [5.74, 6) is 0. The van der Waals surface area contributed by atoms with Gasteiger partial charge in [0.2, 0.25) is 0 Å². The van der Waals surface area contributed by atoms with Crippen LogP contribution in [0, 0.1) is 0 Å². The lowest BCUT2D eigenvalue weighted by molar-refractivity contribution is -0.908. The molecule has 1 unspecified atom stereocenters. The highest BCUT2D eigenvalue weighted by atomic mass is 15.3. The third-order valence-corrected chi connectivity index (χ3v) is 2.58. The quantitative estimate of drug-likeness (QED) is 0.569. The van der Waals surface area contributed by atoms with Gasteiger partial charge in [-0.3, -0.25) is 0 Å². The smallest absolute Gasteiger partial charge is 0.0784 e. The number of hydrogen-bond donors (Lipinski definition) is 0. The van der Waals surface area contributed by atoms with Crippen LogP contribution in [-0.2, 0) is 0 Å². The summed E-state index contributed by atoms with van der Waals surface area (Å²) < 4.78 is 1.27. The predicted octanol–water partition coefficient (Wildman–Crippen LogP) is 4.08. The molecular formula is C13H32N+. The summed E-state index contributed by atoms with van der Waals surface area (Å²) >= 11 is 0. The van der Waals surface area contributed by atoms with E-state index in [-0.39, 0.29) is 0 Å². The van der Waals surface area contributed by atoms with Gasteiger partial charge in [-0.05, 0) is 19.8 Å². The standard InChI is InChI=1S/C10H24N.C3H8/c1-5-8-10-11(4,7-3)9-6-2;1-3-2/h5-10H2,1-4H3;3H2,1-2H3/q+1;. The lowest BCUT2D eigenvalue weighted by atomic mass is 10.2. The van der Waals surface area contributed by atoms with Crippen molar-refractivity contribution in [2.45, 2.75) is 60.3 Å². The van der Waals surface area contributed by atoms with Crippen LogP contribution in [0.3, 0.4) is 0 Å². The minimum Gasteiger partial charge on any atom is -0.326 e. The van der Waals surface area contributed by atoms with Crippen LogP contribution in [0.2, 0.25) is 0 Å². The zero-order valence-electron chi connectivity index (χ0n) is 11.4. The maximum absolute atomic E-state index is 2.37. The molecule has 0 heterocycles. The van der Waals surface area contributed by atoms with Crippen molar-refractivity contribution in [3.63, 3.8) is 0 Å². The van der Waals surface area contributed by atoms with Crippen LogP contribution >= 0.6 is 0 Å². The van der Waals surface area contributed by atoms with Crippen molar-refractivity contribution in [1.29, 1.82) is 0 Å². The van der Waals surface area contributed by atoms with E-state index in [2.05, 4.69) is 41.7 Å². The normalized spacial score (nSPS) is 14.1. The van der Waals surface area contributed by atoms with Crippen LogP contribution in [-0.4, -0.2) is 31.2 Å². The zero-order valence-corrected chi connectivity index (χ0v) is 11.4. The molecule has 0 aromatic rings. The molecule has 0 rings (SSSR count). The van der Waals surface area contributed by atoms with E-state index in [0.29, 0.717) is 0 Å². The Kier molecular flexibility index (Phi) is 12.9. The van der Waals surface area contributed by atoms with E-state index >= 15 is 0 Å². The Balaban J connectivity index is 0. The zero-order chi connectivity index (χ0) is 11.4. The molecule has 0 radical (unpaired) electrons.